The summed E-state index contributed by atoms with van der Waals surface area (Å²) in [6.07, 6.45) is 3.54. The van der Waals surface area contributed by atoms with Gasteiger partial charge in [0.25, 0.3) is 0 Å². The van der Waals surface area contributed by atoms with Crippen molar-refractivity contribution in [1.29, 1.82) is 0 Å². The van der Waals surface area contributed by atoms with Crippen LogP contribution in [0.1, 0.15) is 24.1 Å². The van der Waals surface area contributed by atoms with E-state index in [1.54, 1.807) is 12.4 Å². The average Bonchev–Trinajstić information content (AvgIpc) is 2.53. The highest BCUT2D eigenvalue weighted by atomic mass is 16.5. The molecule has 3 heteroatoms. The van der Waals surface area contributed by atoms with Crippen molar-refractivity contribution in [2.45, 2.75) is 19.6 Å². The first kappa shape index (κ1) is 13.6. The molecule has 1 unspecified atom stereocenters. The number of hydrogen-bond acceptors (Lipinski definition) is 3. The first-order valence-corrected chi connectivity index (χ1v) is 7.04. The first-order valence-electron chi connectivity index (χ1n) is 7.04. The molecule has 0 bridgehead atoms. The van der Waals surface area contributed by atoms with Crippen molar-refractivity contribution in [1.82, 2.24) is 4.98 Å². The molecule has 0 aliphatic heterocycles. The van der Waals surface area contributed by atoms with Crippen LogP contribution in [0.15, 0.2) is 60.9 Å². The van der Waals surface area contributed by atoms with Crippen LogP contribution in [0.4, 0.5) is 0 Å². The lowest BCUT2D eigenvalue weighted by Gasteiger charge is -2.16. The highest BCUT2D eigenvalue weighted by molar-refractivity contribution is 5.89. The van der Waals surface area contributed by atoms with E-state index in [2.05, 4.69) is 29.2 Å². The zero-order valence-electron chi connectivity index (χ0n) is 12.0. The Morgan fingerprint density at radius 3 is 2.57 bits per heavy atom. The fourth-order valence-corrected chi connectivity index (χ4v) is 2.41. The third kappa shape index (κ3) is 2.88. The standard InChI is InChI=1S/C18H18N2O/c1-13(19)16-7-6-15-4-2-3-5-17(15)18(16)21-12-14-8-10-20-11-9-14/h2-11,13H,12,19H2,1H3. The van der Waals surface area contributed by atoms with Crippen LogP contribution in [0.2, 0.25) is 0 Å². The van der Waals surface area contributed by atoms with Crippen molar-refractivity contribution in [3.8, 4) is 5.75 Å². The van der Waals surface area contributed by atoms with Crippen LogP contribution >= 0.6 is 0 Å². The predicted molar refractivity (Wildman–Crippen MR) is 85.1 cm³/mol. The molecule has 0 saturated heterocycles. The summed E-state index contributed by atoms with van der Waals surface area (Å²) in [6, 6.07) is 16.2. The Bertz CT molecular complexity index is 739. The summed E-state index contributed by atoms with van der Waals surface area (Å²) in [6.45, 7) is 2.49. The number of hydrogen-bond donors (Lipinski definition) is 1. The molecule has 3 aromatic rings. The van der Waals surface area contributed by atoms with E-state index in [1.807, 2.05) is 31.2 Å². The zero-order chi connectivity index (χ0) is 14.7. The SMILES string of the molecule is CC(N)c1ccc2ccccc2c1OCc1ccncc1. The molecule has 1 atom stereocenters. The smallest absolute Gasteiger partial charge is 0.132 e. The van der Waals surface area contributed by atoms with Gasteiger partial charge in [-0.25, -0.2) is 0 Å². The molecular formula is C18H18N2O. The highest BCUT2D eigenvalue weighted by Crippen LogP contribution is 2.33. The largest absolute Gasteiger partial charge is 0.488 e. The maximum Gasteiger partial charge on any atom is 0.132 e. The van der Waals surface area contributed by atoms with Crippen LogP contribution < -0.4 is 10.5 Å². The zero-order valence-corrected chi connectivity index (χ0v) is 12.0. The van der Waals surface area contributed by atoms with Crippen LogP contribution in [0.5, 0.6) is 5.75 Å². The third-order valence-electron chi connectivity index (χ3n) is 3.53. The number of benzene rings is 2. The second-order valence-corrected chi connectivity index (χ2v) is 5.14. The normalized spacial score (nSPS) is 12.3. The molecule has 0 aliphatic carbocycles. The molecule has 0 radical (unpaired) electrons. The molecule has 3 rings (SSSR count). The molecular weight excluding hydrogens is 260 g/mol. The molecule has 3 nitrogen and oxygen atoms in total. The molecule has 106 valence electrons. The number of rotatable bonds is 4. The van der Waals surface area contributed by atoms with Gasteiger partial charge in [-0.2, -0.15) is 0 Å². The lowest BCUT2D eigenvalue weighted by Crippen LogP contribution is -2.08. The van der Waals surface area contributed by atoms with E-state index in [0.717, 1.165) is 27.6 Å². The summed E-state index contributed by atoms with van der Waals surface area (Å²) in [5.74, 6) is 0.875. The van der Waals surface area contributed by atoms with E-state index < -0.39 is 0 Å². The summed E-state index contributed by atoms with van der Waals surface area (Å²) in [5.41, 5.74) is 8.21. The summed E-state index contributed by atoms with van der Waals surface area (Å²) >= 11 is 0. The van der Waals surface area contributed by atoms with E-state index in [1.165, 1.54) is 0 Å². The van der Waals surface area contributed by atoms with Gasteiger partial charge in [0, 0.05) is 29.4 Å². The second kappa shape index (κ2) is 5.94. The van der Waals surface area contributed by atoms with Crippen LogP contribution in [0.3, 0.4) is 0 Å². The lowest BCUT2D eigenvalue weighted by atomic mass is 10.0. The van der Waals surface area contributed by atoms with Crippen LogP contribution in [-0.2, 0) is 6.61 Å². The predicted octanol–water partition coefficient (Wildman–Crippen LogP) is 3.83. The van der Waals surface area contributed by atoms with Gasteiger partial charge in [-0.05, 0) is 30.0 Å². The summed E-state index contributed by atoms with van der Waals surface area (Å²) in [5, 5.41) is 2.26. The Balaban J connectivity index is 2.00. The molecule has 1 heterocycles. The highest BCUT2D eigenvalue weighted by Gasteiger charge is 2.12. The fourth-order valence-electron chi connectivity index (χ4n) is 2.41. The molecule has 2 aromatic carbocycles. The molecule has 0 amide bonds. The number of fused-ring (bicyclic) bond motifs is 1. The number of pyridine rings is 1. The van der Waals surface area contributed by atoms with E-state index in [4.69, 9.17) is 10.5 Å². The Hall–Kier alpha value is -2.39. The van der Waals surface area contributed by atoms with Crippen molar-refractivity contribution in [3.63, 3.8) is 0 Å². The van der Waals surface area contributed by atoms with Gasteiger partial charge in [0.1, 0.15) is 12.4 Å². The first-order chi connectivity index (χ1) is 10.3. The third-order valence-corrected chi connectivity index (χ3v) is 3.53. The summed E-state index contributed by atoms with van der Waals surface area (Å²) in [4.78, 5) is 4.02. The molecule has 21 heavy (non-hydrogen) atoms. The van der Waals surface area contributed by atoms with E-state index in [-0.39, 0.29) is 6.04 Å². The number of ether oxygens (including phenoxy) is 1. The Morgan fingerprint density at radius 1 is 1.05 bits per heavy atom. The van der Waals surface area contributed by atoms with Gasteiger partial charge in [-0.15, -0.1) is 0 Å². The number of aromatic nitrogens is 1. The number of nitrogens with zero attached hydrogens (tertiary/aromatic N) is 1. The lowest BCUT2D eigenvalue weighted by molar-refractivity contribution is 0.305. The van der Waals surface area contributed by atoms with Crippen LogP contribution in [0, 0.1) is 0 Å². The van der Waals surface area contributed by atoms with Crippen LogP contribution in [0.25, 0.3) is 10.8 Å². The van der Waals surface area contributed by atoms with Gasteiger partial charge >= 0.3 is 0 Å². The Kier molecular flexibility index (Phi) is 3.84. The van der Waals surface area contributed by atoms with Gasteiger partial charge in [-0.1, -0.05) is 36.4 Å². The minimum absolute atomic E-state index is 0.0675. The molecule has 0 saturated carbocycles. The molecule has 1 aromatic heterocycles. The second-order valence-electron chi connectivity index (χ2n) is 5.14. The molecule has 0 fully saturated rings. The van der Waals surface area contributed by atoms with Gasteiger partial charge in [0.05, 0.1) is 0 Å². The minimum Gasteiger partial charge on any atom is -0.488 e. The molecule has 2 N–H and O–H groups in total. The maximum absolute atomic E-state index is 6.09. The topological polar surface area (TPSA) is 48.1 Å². The summed E-state index contributed by atoms with van der Waals surface area (Å²) < 4.78 is 6.09. The van der Waals surface area contributed by atoms with Gasteiger partial charge in [0.15, 0.2) is 0 Å². The van der Waals surface area contributed by atoms with E-state index in [0.29, 0.717) is 6.61 Å². The van der Waals surface area contributed by atoms with Crippen molar-refractivity contribution >= 4 is 10.8 Å². The molecule has 0 spiro atoms. The maximum atomic E-state index is 6.09. The quantitative estimate of drug-likeness (QED) is 0.789. The van der Waals surface area contributed by atoms with Gasteiger partial charge in [-0.3, -0.25) is 4.98 Å². The average molecular weight is 278 g/mol. The van der Waals surface area contributed by atoms with Crippen molar-refractivity contribution < 1.29 is 4.74 Å². The van der Waals surface area contributed by atoms with Gasteiger partial charge < -0.3 is 10.5 Å². The summed E-state index contributed by atoms with van der Waals surface area (Å²) in [7, 11) is 0. The van der Waals surface area contributed by atoms with E-state index in [9.17, 15) is 0 Å². The number of nitrogens with two attached hydrogens (primary N) is 1. The van der Waals surface area contributed by atoms with Crippen LogP contribution in [-0.4, -0.2) is 4.98 Å². The Labute approximate surface area is 124 Å². The van der Waals surface area contributed by atoms with Crippen molar-refractivity contribution in [3.05, 3.63) is 72.1 Å². The fraction of sp³-hybridized carbons (Fsp3) is 0.167. The van der Waals surface area contributed by atoms with Crippen molar-refractivity contribution in [2.75, 3.05) is 0 Å². The Morgan fingerprint density at radius 2 is 1.81 bits per heavy atom. The van der Waals surface area contributed by atoms with Gasteiger partial charge in [0.2, 0.25) is 0 Å². The van der Waals surface area contributed by atoms with E-state index >= 15 is 0 Å². The van der Waals surface area contributed by atoms with Crippen molar-refractivity contribution in [2.24, 2.45) is 5.73 Å². The molecule has 0 aliphatic rings. The monoisotopic (exact) mass is 278 g/mol. The minimum atomic E-state index is -0.0675.